The fourth-order valence-electron chi connectivity index (χ4n) is 2.08. The Bertz CT molecular complexity index is 353. The van der Waals surface area contributed by atoms with Crippen LogP contribution in [0.25, 0.3) is 0 Å². The zero-order valence-electron chi connectivity index (χ0n) is 9.98. The lowest BCUT2D eigenvalue weighted by Gasteiger charge is -2.26. The molecule has 2 heteroatoms. The van der Waals surface area contributed by atoms with Crippen molar-refractivity contribution in [1.82, 2.24) is 0 Å². The molecule has 1 rings (SSSR count). The average molecular weight is 217 g/mol. The van der Waals surface area contributed by atoms with Gasteiger partial charge in [-0.15, -0.1) is 0 Å². The standard InChI is InChI=1S/C14H19NO/c1-12(2)8-14(10-15,11-16)9-13-6-4-3-5-7-13/h3-7,12,16H,8-9,11H2,1-2H3. The number of nitrogens with zero attached hydrogens (tertiary/aromatic N) is 1. The van der Waals surface area contributed by atoms with Gasteiger partial charge in [-0.2, -0.15) is 5.26 Å². The third-order valence-corrected chi connectivity index (χ3v) is 2.72. The van der Waals surface area contributed by atoms with Gasteiger partial charge in [0.1, 0.15) is 0 Å². The third-order valence-electron chi connectivity index (χ3n) is 2.72. The molecular formula is C14H19NO. The fourth-order valence-corrected chi connectivity index (χ4v) is 2.08. The lowest BCUT2D eigenvalue weighted by molar-refractivity contribution is 0.151. The molecule has 0 amide bonds. The molecule has 0 fully saturated rings. The molecule has 0 aromatic heterocycles. The van der Waals surface area contributed by atoms with Crippen molar-refractivity contribution in [2.24, 2.45) is 11.3 Å². The summed E-state index contributed by atoms with van der Waals surface area (Å²) in [5, 5.41) is 18.7. The van der Waals surface area contributed by atoms with Crippen molar-refractivity contribution >= 4 is 0 Å². The van der Waals surface area contributed by atoms with Crippen LogP contribution in [0.5, 0.6) is 0 Å². The van der Waals surface area contributed by atoms with Crippen molar-refractivity contribution in [2.45, 2.75) is 26.7 Å². The summed E-state index contributed by atoms with van der Waals surface area (Å²) in [6.07, 6.45) is 1.36. The minimum Gasteiger partial charge on any atom is -0.395 e. The first-order valence-corrected chi connectivity index (χ1v) is 5.68. The van der Waals surface area contributed by atoms with Gasteiger partial charge in [0.05, 0.1) is 18.1 Å². The molecule has 16 heavy (non-hydrogen) atoms. The first kappa shape index (κ1) is 12.7. The largest absolute Gasteiger partial charge is 0.395 e. The van der Waals surface area contributed by atoms with Crippen LogP contribution in [0, 0.1) is 22.7 Å². The quantitative estimate of drug-likeness (QED) is 0.824. The number of hydrogen-bond acceptors (Lipinski definition) is 2. The molecular weight excluding hydrogens is 198 g/mol. The Morgan fingerprint density at radius 1 is 1.31 bits per heavy atom. The van der Waals surface area contributed by atoms with Gasteiger partial charge in [0, 0.05) is 0 Å². The number of benzene rings is 1. The molecule has 0 aliphatic heterocycles. The van der Waals surface area contributed by atoms with Crippen molar-refractivity contribution in [3.63, 3.8) is 0 Å². The molecule has 0 aliphatic carbocycles. The van der Waals surface area contributed by atoms with E-state index in [0.29, 0.717) is 12.3 Å². The lowest BCUT2D eigenvalue weighted by Crippen LogP contribution is -2.28. The Morgan fingerprint density at radius 3 is 2.38 bits per heavy atom. The van der Waals surface area contributed by atoms with Gasteiger partial charge >= 0.3 is 0 Å². The van der Waals surface area contributed by atoms with E-state index >= 15 is 0 Å². The van der Waals surface area contributed by atoms with Crippen LogP contribution in [0.3, 0.4) is 0 Å². The van der Waals surface area contributed by atoms with E-state index in [-0.39, 0.29) is 6.61 Å². The summed E-state index contributed by atoms with van der Waals surface area (Å²) < 4.78 is 0. The number of aliphatic hydroxyl groups is 1. The van der Waals surface area contributed by atoms with E-state index in [0.717, 1.165) is 12.0 Å². The summed E-state index contributed by atoms with van der Waals surface area (Å²) in [5.74, 6) is 0.413. The lowest BCUT2D eigenvalue weighted by atomic mass is 9.77. The van der Waals surface area contributed by atoms with E-state index in [1.54, 1.807) is 0 Å². The molecule has 1 N–H and O–H groups in total. The van der Waals surface area contributed by atoms with Crippen molar-refractivity contribution in [1.29, 1.82) is 5.26 Å². The zero-order chi connectivity index (χ0) is 12.0. The summed E-state index contributed by atoms with van der Waals surface area (Å²) in [6.45, 7) is 4.08. The Labute approximate surface area is 97.5 Å². The average Bonchev–Trinajstić information content (AvgIpc) is 2.29. The predicted octanol–water partition coefficient (Wildman–Crippen LogP) is 2.78. The molecule has 0 spiro atoms. The Kier molecular flexibility index (Phi) is 4.52. The van der Waals surface area contributed by atoms with Crippen molar-refractivity contribution < 1.29 is 5.11 Å². The highest BCUT2D eigenvalue weighted by atomic mass is 16.3. The molecule has 0 radical (unpaired) electrons. The summed E-state index contributed by atoms with van der Waals surface area (Å²) in [5.41, 5.74) is 0.481. The molecule has 86 valence electrons. The molecule has 1 unspecified atom stereocenters. The third kappa shape index (κ3) is 3.36. The van der Waals surface area contributed by atoms with E-state index in [9.17, 15) is 10.4 Å². The Hall–Kier alpha value is -1.33. The van der Waals surface area contributed by atoms with Gasteiger partial charge in [0.15, 0.2) is 0 Å². The van der Waals surface area contributed by atoms with Crippen LogP contribution >= 0.6 is 0 Å². The number of rotatable bonds is 5. The minimum absolute atomic E-state index is 0.0728. The van der Waals surface area contributed by atoms with Gasteiger partial charge in [-0.3, -0.25) is 0 Å². The van der Waals surface area contributed by atoms with Crippen LogP contribution in [-0.2, 0) is 6.42 Å². The van der Waals surface area contributed by atoms with E-state index in [1.165, 1.54) is 0 Å². The molecule has 1 aromatic rings. The second-order valence-corrected chi connectivity index (χ2v) is 4.81. The minimum atomic E-state index is -0.629. The molecule has 1 aromatic carbocycles. The van der Waals surface area contributed by atoms with Crippen LogP contribution in [0.1, 0.15) is 25.8 Å². The summed E-state index contributed by atoms with van der Waals surface area (Å²) in [7, 11) is 0. The van der Waals surface area contributed by atoms with E-state index in [1.807, 2.05) is 30.3 Å². The summed E-state index contributed by atoms with van der Waals surface area (Å²) in [4.78, 5) is 0. The normalized spacial score (nSPS) is 14.4. The van der Waals surface area contributed by atoms with Crippen LogP contribution in [0.2, 0.25) is 0 Å². The molecule has 1 atom stereocenters. The summed E-state index contributed by atoms with van der Waals surface area (Å²) >= 11 is 0. The summed E-state index contributed by atoms with van der Waals surface area (Å²) in [6, 6.07) is 12.2. The van der Waals surface area contributed by atoms with Crippen molar-refractivity contribution in [3.05, 3.63) is 35.9 Å². The highest BCUT2D eigenvalue weighted by Gasteiger charge is 2.30. The highest BCUT2D eigenvalue weighted by molar-refractivity contribution is 5.19. The van der Waals surface area contributed by atoms with Crippen LogP contribution < -0.4 is 0 Å². The first-order chi connectivity index (χ1) is 7.62. The van der Waals surface area contributed by atoms with Gasteiger partial charge in [0.25, 0.3) is 0 Å². The fraction of sp³-hybridized carbons (Fsp3) is 0.500. The second-order valence-electron chi connectivity index (χ2n) is 4.81. The van der Waals surface area contributed by atoms with Gasteiger partial charge in [-0.1, -0.05) is 44.2 Å². The number of nitriles is 1. The SMILES string of the molecule is CC(C)CC(C#N)(CO)Cc1ccccc1. The Morgan fingerprint density at radius 2 is 1.94 bits per heavy atom. The molecule has 0 saturated heterocycles. The van der Waals surface area contributed by atoms with E-state index in [2.05, 4.69) is 19.9 Å². The number of hydrogen-bond donors (Lipinski definition) is 1. The monoisotopic (exact) mass is 217 g/mol. The maximum absolute atomic E-state index is 9.46. The van der Waals surface area contributed by atoms with E-state index < -0.39 is 5.41 Å². The maximum atomic E-state index is 9.46. The molecule has 0 aliphatic rings. The van der Waals surface area contributed by atoms with E-state index in [4.69, 9.17) is 0 Å². The van der Waals surface area contributed by atoms with Gasteiger partial charge < -0.3 is 5.11 Å². The topological polar surface area (TPSA) is 44.0 Å². The van der Waals surface area contributed by atoms with Gasteiger partial charge in [0.2, 0.25) is 0 Å². The van der Waals surface area contributed by atoms with Crippen LogP contribution in [0.15, 0.2) is 30.3 Å². The van der Waals surface area contributed by atoms with Crippen LogP contribution in [0.4, 0.5) is 0 Å². The smallest absolute Gasteiger partial charge is 0.0846 e. The van der Waals surface area contributed by atoms with Crippen molar-refractivity contribution in [2.75, 3.05) is 6.61 Å². The molecule has 2 nitrogen and oxygen atoms in total. The number of aliphatic hydroxyl groups excluding tert-OH is 1. The molecule has 0 heterocycles. The maximum Gasteiger partial charge on any atom is 0.0846 e. The Balaban J connectivity index is 2.83. The first-order valence-electron chi connectivity index (χ1n) is 5.68. The van der Waals surface area contributed by atoms with Gasteiger partial charge in [-0.05, 0) is 24.3 Å². The highest BCUT2D eigenvalue weighted by Crippen LogP contribution is 2.29. The van der Waals surface area contributed by atoms with Gasteiger partial charge in [-0.25, -0.2) is 0 Å². The molecule has 0 saturated carbocycles. The molecule has 0 bridgehead atoms. The van der Waals surface area contributed by atoms with Crippen molar-refractivity contribution in [3.8, 4) is 6.07 Å². The predicted molar refractivity (Wildman–Crippen MR) is 64.7 cm³/mol. The van der Waals surface area contributed by atoms with Crippen LogP contribution in [-0.4, -0.2) is 11.7 Å². The second kappa shape index (κ2) is 5.67. The zero-order valence-corrected chi connectivity index (χ0v) is 9.98.